The summed E-state index contributed by atoms with van der Waals surface area (Å²) in [7, 11) is 2.83. The molecule has 0 saturated heterocycles. The van der Waals surface area contributed by atoms with Crippen molar-refractivity contribution < 1.29 is 28.7 Å². The lowest BCUT2D eigenvalue weighted by Gasteiger charge is -2.14. The number of hydrogen-bond acceptors (Lipinski definition) is 10. The number of nitrogens with zero attached hydrogens (tertiary/aromatic N) is 3. The van der Waals surface area contributed by atoms with E-state index in [0.717, 1.165) is 0 Å². The zero-order valence-electron chi connectivity index (χ0n) is 18.2. The Morgan fingerprint density at radius 3 is 2.45 bits per heavy atom. The monoisotopic (exact) mass is 454 g/mol. The molecule has 11 nitrogen and oxygen atoms in total. The smallest absolute Gasteiger partial charge is 0.345 e. The molecule has 1 aromatic heterocycles. The van der Waals surface area contributed by atoms with Crippen LogP contribution in [-0.4, -0.2) is 48.3 Å². The number of anilines is 2. The Morgan fingerprint density at radius 2 is 1.79 bits per heavy atom. The second kappa shape index (κ2) is 10.9. The second-order valence-electron chi connectivity index (χ2n) is 6.65. The molecule has 3 rings (SSSR count). The van der Waals surface area contributed by atoms with Crippen LogP contribution in [0.25, 0.3) is 0 Å². The highest BCUT2D eigenvalue weighted by atomic mass is 16.6. The third-order valence-corrected chi connectivity index (χ3v) is 4.35. The van der Waals surface area contributed by atoms with E-state index in [0.29, 0.717) is 36.1 Å². The van der Waals surface area contributed by atoms with Crippen LogP contribution in [0.2, 0.25) is 0 Å². The van der Waals surface area contributed by atoms with Crippen molar-refractivity contribution in [1.82, 2.24) is 9.97 Å². The number of nitro groups is 1. The fourth-order valence-corrected chi connectivity index (χ4v) is 2.80. The molecule has 11 heteroatoms. The fourth-order valence-electron chi connectivity index (χ4n) is 2.80. The van der Waals surface area contributed by atoms with Gasteiger partial charge in [0.2, 0.25) is 11.8 Å². The van der Waals surface area contributed by atoms with Gasteiger partial charge >= 0.3 is 5.97 Å². The van der Waals surface area contributed by atoms with Gasteiger partial charge in [0.05, 0.1) is 24.3 Å². The molecule has 0 saturated carbocycles. The van der Waals surface area contributed by atoms with Crippen LogP contribution < -0.4 is 14.8 Å². The molecule has 0 unspecified atom stereocenters. The first kappa shape index (κ1) is 23.4. The van der Waals surface area contributed by atoms with E-state index >= 15 is 0 Å². The summed E-state index contributed by atoms with van der Waals surface area (Å²) in [5.41, 5.74) is 0.673. The van der Waals surface area contributed by atoms with Crippen LogP contribution in [-0.2, 0) is 9.47 Å². The molecule has 3 aromatic rings. The minimum Gasteiger partial charge on any atom is -0.491 e. The number of carbonyl (C=O) groups excluding carboxylic acids is 1. The van der Waals surface area contributed by atoms with Gasteiger partial charge in [0, 0.05) is 24.9 Å². The summed E-state index contributed by atoms with van der Waals surface area (Å²) < 4.78 is 21.2. The van der Waals surface area contributed by atoms with Crippen LogP contribution in [0.4, 0.5) is 17.3 Å². The van der Waals surface area contributed by atoms with E-state index in [4.69, 9.17) is 18.9 Å². The first-order valence-electron chi connectivity index (χ1n) is 9.79. The lowest BCUT2D eigenvalue weighted by Crippen LogP contribution is -2.11. The number of aromatic nitrogens is 2. The maximum Gasteiger partial charge on any atom is 0.345 e. The molecule has 0 aliphatic heterocycles. The van der Waals surface area contributed by atoms with E-state index in [1.54, 1.807) is 44.4 Å². The zero-order valence-corrected chi connectivity index (χ0v) is 18.2. The molecule has 1 N–H and O–H groups in total. The van der Waals surface area contributed by atoms with E-state index < -0.39 is 10.9 Å². The number of esters is 1. The van der Waals surface area contributed by atoms with E-state index in [1.165, 1.54) is 25.3 Å². The number of aryl methyl sites for hydroxylation is 1. The highest BCUT2D eigenvalue weighted by Gasteiger charge is 2.22. The van der Waals surface area contributed by atoms with Crippen molar-refractivity contribution in [3.8, 4) is 17.4 Å². The molecule has 0 aliphatic carbocycles. The van der Waals surface area contributed by atoms with Gasteiger partial charge in [-0.15, -0.1) is 0 Å². The number of rotatable bonds is 10. The van der Waals surface area contributed by atoms with Gasteiger partial charge in [-0.3, -0.25) is 10.1 Å². The molecular formula is C22H22N4O7. The largest absolute Gasteiger partial charge is 0.491 e. The van der Waals surface area contributed by atoms with E-state index in [9.17, 15) is 14.9 Å². The van der Waals surface area contributed by atoms with Crippen molar-refractivity contribution in [1.29, 1.82) is 0 Å². The number of carbonyl (C=O) groups is 1. The van der Waals surface area contributed by atoms with Crippen molar-refractivity contribution in [2.75, 3.05) is 32.8 Å². The summed E-state index contributed by atoms with van der Waals surface area (Å²) in [5, 5.41) is 13.9. The Bertz CT molecular complexity index is 1140. The van der Waals surface area contributed by atoms with Crippen molar-refractivity contribution in [2.24, 2.45) is 0 Å². The minimum atomic E-state index is -0.663. The van der Waals surface area contributed by atoms with Crippen LogP contribution in [0, 0.1) is 17.0 Å². The number of benzene rings is 2. The van der Waals surface area contributed by atoms with Gasteiger partial charge in [-0.1, -0.05) is 6.07 Å². The first-order chi connectivity index (χ1) is 15.9. The fraction of sp³-hybridized carbons (Fsp3) is 0.227. The van der Waals surface area contributed by atoms with Gasteiger partial charge < -0.3 is 24.3 Å². The topological polar surface area (TPSA) is 135 Å². The Labute approximate surface area is 189 Å². The maximum atomic E-state index is 12.3. The van der Waals surface area contributed by atoms with Gasteiger partial charge in [-0.25, -0.2) is 9.78 Å². The number of nitrogens with one attached hydrogen (secondary N) is 1. The first-order valence-corrected chi connectivity index (χ1v) is 9.79. The van der Waals surface area contributed by atoms with Crippen LogP contribution in [0.5, 0.6) is 17.4 Å². The number of methoxy groups -OCH3 is 2. The maximum absolute atomic E-state index is 12.3. The average molecular weight is 454 g/mol. The van der Waals surface area contributed by atoms with Gasteiger partial charge in [0.15, 0.2) is 0 Å². The third kappa shape index (κ3) is 6.14. The van der Waals surface area contributed by atoms with Crippen LogP contribution in [0.15, 0.2) is 48.5 Å². The Morgan fingerprint density at radius 1 is 1.06 bits per heavy atom. The normalized spacial score (nSPS) is 10.4. The van der Waals surface area contributed by atoms with Crippen LogP contribution in [0.3, 0.4) is 0 Å². The summed E-state index contributed by atoms with van der Waals surface area (Å²) in [6.07, 6.45) is 0. The molecule has 0 radical (unpaired) electrons. The molecule has 172 valence electrons. The molecule has 1 heterocycles. The summed E-state index contributed by atoms with van der Waals surface area (Å²) >= 11 is 0. The lowest BCUT2D eigenvalue weighted by molar-refractivity contribution is -0.384. The predicted octanol–water partition coefficient (Wildman–Crippen LogP) is 4.04. The quantitative estimate of drug-likeness (QED) is 0.207. The molecule has 0 amide bonds. The van der Waals surface area contributed by atoms with E-state index in [2.05, 4.69) is 15.3 Å². The highest BCUT2D eigenvalue weighted by Crippen LogP contribution is 2.29. The number of non-ortho nitro benzene ring substituents is 1. The molecule has 2 aromatic carbocycles. The van der Waals surface area contributed by atoms with Gasteiger partial charge in [0.25, 0.3) is 5.69 Å². The van der Waals surface area contributed by atoms with Gasteiger partial charge in [-0.05, 0) is 37.3 Å². The standard InChI is InChI=1S/C22H22N4O7/c1-14-19(21(27)31-3)20(33-18-9-7-17(8-10-18)32-12-11-30-2)25-22(23-14)24-15-5-4-6-16(13-15)26(28)29/h4-10,13H,11-12H2,1-3H3,(H,23,24,25). The van der Waals surface area contributed by atoms with E-state index in [-0.39, 0.29) is 23.1 Å². The summed E-state index contributed by atoms with van der Waals surface area (Å²) in [5.74, 6) is 0.424. The molecule has 0 bridgehead atoms. The highest BCUT2D eigenvalue weighted by molar-refractivity contribution is 5.93. The number of nitro benzene ring substituents is 1. The minimum absolute atomic E-state index is 0.0321. The number of hydrogen-bond donors (Lipinski definition) is 1. The van der Waals surface area contributed by atoms with Crippen molar-refractivity contribution in [3.63, 3.8) is 0 Å². The van der Waals surface area contributed by atoms with Gasteiger partial charge in [-0.2, -0.15) is 4.98 Å². The predicted molar refractivity (Wildman–Crippen MR) is 118 cm³/mol. The molecule has 0 spiro atoms. The Kier molecular flexibility index (Phi) is 7.71. The SMILES string of the molecule is COCCOc1ccc(Oc2nc(Nc3cccc([N+](=O)[O-])c3)nc(C)c2C(=O)OC)cc1. The lowest BCUT2D eigenvalue weighted by atomic mass is 10.2. The van der Waals surface area contributed by atoms with Crippen LogP contribution in [0.1, 0.15) is 16.1 Å². The van der Waals surface area contributed by atoms with Gasteiger partial charge in [0.1, 0.15) is 23.7 Å². The summed E-state index contributed by atoms with van der Waals surface area (Å²) in [6.45, 7) is 2.47. The Hall–Kier alpha value is -4.25. The Balaban J connectivity index is 1.88. The van der Waals surface area contributed by atoms with Crippen molar-refractivity contribution in [3.05, 3.63) is 69.9 Å². The summed E-state index contributed by atoms with van der Waals surface area (Å²) in [4.78, 5) is 31.4. The molecule has 0 fully saturated rings. The zero-order chi connectivity index (χ0) is 23.8. The molecule has 0 aliphatic rings. The molecule has 0 atom stereocenters. The van der Waals surface area contributed by atoms with Crippen molar-refractivity contribution >= 4 is 23.3 Å². The number of ether oxygens (including phenoxy) is 4. The third-order valence-electron chi connectivity index (χ3n) is 4.35. The van der Waals surface area contributed by atoms with Crippen molar-refractivity contribution in [2.45, 2.75) is 6.92 Å². The summed E-state index contributed by atoms with van der Waals surface area (Å²) in [6, 6.07) is 12.6. The van der Waals surface area contributed by atoms with E-state index in [1.807, 2.05) is 0 Å². The van der Waals surface area contributed by atoms with Crippen LogP contribution >= 0.6 is 0 Å². The second-order valence-corrected chi connectivity index (χ2v) is 6.65. The molecular weight excluding hydrogens is 432 g/mol. The molecule has 33 heavy (non-hydrogen) atoms. The average Bonchev–Trinajstić information content (AvgIpc) is 2.80.